The van der Waals surface area contributed by atoms with E-state index in [0.717, 1.165) is 19.1 Å². The molecular formula is C23H36O5. The van der Waals surface area contributed by atoms with Crippen LogP contribution in [0.3, 0.4) is 0 Å². The van der Waals surface area contributed by atoms with Crippen molar-refractivity contribution in [2.24, 2.45) is 5.92 Å². The number of hydrogen-bond acceptors (Lipinski definition) is 5. The molecule has 0 fully saturated rings. The smallest absolute Gasteiger partial charge is 0.344 e. The summed E-state index contributed by atoms with van der Waals surface area (Å²) in [5.41, 5.74) is 0.457. The number of ether oxygens (including phenoxy) is 3. The Balaban J connectivity index is 2.34. The zero-order chi connectivity index (χ0) is 20.6. The summed E-state index contributed by atoms with van der Waals surface area (Å²) < 4.78 is 16.3. The van der Waals surface area contributed by atoms with E-state index < -0.39 is 5.97 Å². The standard InChI is InChI=1S/C23H36O5/c1-4-5-6-7-8-9-10-11-12-26-21-13-20(16-24)14-22(15-21)27-18-23(25)28-17-19(2)3/h13-16,19H,4-12,17-18H2,1-3H3. The van der Waals surface area contributed by atoms with Crippen molar-refractivity contribution in [3.63, 3.8) is 0 Å². The minimum absolute atomic E-state index is 0.188. The number of carbonyl (C=O) groups excluding carboxylic acids is 2. The third kappa shape index (κ3) is 11.6. The first-order valence-electron chi connectivity index (χ1n) is 10.6. The van der Waals surface area contributed by atoms with Gasteiger partial charge in [0.15, 0.2) is 6.61 Å². The van der Waals surface area contributed by atoms with Crippen LogP contribution in [0.1, 0.15) is 82.5 Å². The molecule has 0 N–H and O–H groups in total. The third-order valence-electron chi connectivity index (χ3n) is 4.24. The van der Waals surface area contributed by atoms with Crippen molar-refractivity contribution in [1.29, 1.82) is 0 Å². The van der Waals surface area contributed by atoms with Gasteiger partial charge in [0.2, 0.25) is 0 Å². The highest BCUT2D eigenvalue weighted by Gasteiger charge is 2.08. The van der Waals surface area contributed by atoms with Gasteiger partial charge < -0.3 is 14.2 Å². The van der Waals surface area contributed by atoms with Crippen molar-refractivity contribution in [3.05, 3.63) is 23.8 Å². The maximum absolute atomic E-state index is 11.7. The molecule has 0 spiro atoms. The lowest BCUT2D eigenvalue weighted by Gasteiger charge is -2.11. The van der Waals surface area contributed by atoms with Gasteiger partial charge in [0.1, 0.15) is 17.8 Å². The molecule has 158 valence electrons. The summed E-state index contributed by atoms with van der Waals surface area (Å²) >= 11 is 0. The number of unbranched alkanes of at least 4 members (excludes halogenated alkanes) is 7. The number of aldehydes is 1. The van der Waals surface area contributed by atoms with Gasteiger partial charge in [0.25, 0.3) is 0 Å². The summed E-state index contributed by atoms with van der Waals surface area (Å²) in [7, 11) is 0. The van der Waals surface area contributed by atoms with Crippen molar-refractivity contribution in [2.45, 2.75) is 72.1 Å². The van der Waals surface area contributed by atoms with Gasteiger partial charge in [-0.3, -0.25) is 4.79 Å². The molecule has 0 aliphatic heterocycles. The summed E-state index contributed by atoms with van der Waals surface area (Å²) in [6, 6.07) is 4.97. The molecule has 5 heteroatoms. The van der Waals surface area contributed by atoms with Crippen molar-refractivity contribution in [2.75, 3.05) is 19.8 Å². The van der Waals surface area contributed by atoms with Crippen LogP contribution in [0.2, 0.25) is 0 Å². The van der Waals surface area contributed by atoms with E-state index in [-0.39, 0.29) is 12.5 Å². The number of rotatable bonds is 16. The van der Waals surface area contributed by atoms with Crippen LogP contribution < -0.4 is 9.47 Å². The van der Waals surface area contributed by atoms with Gasteiger partial charge >= 0.3 is 5.97 Å². The topological polar surface area (TPSA) is 61.8 Å². The van der Waals surface area contributed by atoms with E-state index in [1.54, 1.807) is 18.2 Å². The first-order valence-corrected chi connectivity index (χ1v) is 10.6. The maximum atomic E-state index is 11.7. The highest BCUT2D eigenvalue weighted by Crippen LogP contribution is 2.23. The zero-order valence-electron chi connectivity index (χ0n) is 17.7. The Hall–Kier alpha value is -2.04. The van der Waals surface area contributed by atoms with Crippen LogP contribution in [0, 0.1) is 5.92 Å². The van der Waals surface area contributed by atoms with Crippen LogP contribution in [0.5, 0.6) is 11.5 Å². The van der Waals surface area contributed by atoms with Gasteiger partial charge in [-0.2, -0.15) is 0 Å². The summed E-state index contributed by atoms with van der Waals surface area (Å²) in [6.07, 6.45) is 10.6. The second-order valence-electron chi connectivity index (χ2n) is 7.54. The fourth-order valence-electron chi connectivity index (χ4n) is 2.70. The van der Waals surface area contributed by atoms with E-state index in [0.29, 0.717) is 30.3 Å². The summed E-state index contributed by atoms with van der Waals surface area (Å²) in [5, 5.41) is 0. The zero-order valence-corrected chi connectivity index (χ0v) is 17.7. The highest BCUT2D eigenvalue weighted by atomic mass is 16.6. The van der Waals surface area contributed by atoms with Crippen molar-refractivity contribution < 1.29 is 23.8 Å². The van der Waals surface area contributed by atoms with Gasteiger partial charge in [0, 0.05) is 11.6 Å². The molecule has 0 saturated heterocycles. The monoisotopic (exact) mass is 392 g/mol. The molecule has 0 radical (unpaired) electrons. The Labute approximate surface area is 169 Å². The first-order chi connectivity index (χ1) is 13.5. The van der Waals surface area contributed by atoms with Crippen LogP contribution in [0.15, 0.2) is 18.2 Å². The first kappa shape index (κ1) is 24.0. The Morgan fingerprint density at radius 2 is 1.54 bits per heavy atom. The van der Waals surface area contributed by atoms with Gasteiger partial charge in [-0.1, -0.05) is 65.7 Å². The van der Waals surface area contributed by atoms with Crippen molar-refractivity contribution in [3.8, 4) is 11.5 Å². The lowest BCUT2D eigenvalue weighted by atomic mass is 10.1. The average molecular weight is 393 g/mol. The van der Waals surface area contributed by atoms with E-state index >= 15 is 0 Å². The van der Waals surface area contributed by atoms with Crippen LogP contribution in [0.4, 0.5) is 0 Å². The highest BCUT2D eigenvalue weighted by molar-refractivity contribution is 5.77. The molecule has 0 unspecified atom stereocenters. The quantitative estimate of drug-likeness (QED) is 0.208. The molecule has 0 heterocycles. The molecule has 1 aromatic rings. The van der Waals surface area contributed by atoms with E-state index in [9.17, 15) is 9.59 Å². The molecule has 1 aromatic carbocycles. The minimum Gasteiger partial charge on any atom is -0.493 e. The fourth-order valence-corrected chi connectivity index (χ4v) is 2.70. The molecule has 0 amide bonds. The largest absolute Gasteiger partial charge is 0.493 e. The predicted octanol–water partition coefficient (Wildman–Crippen LogP) is 5.60. The SMILES string of the molecule is CCCCCCCCCCOc1cc(C=O)cc(OCC(=O)OCC(C)C)c1. The van der Waals surface area contributed by atoms with Crippen LogP contribution in [0.25, 0.3) is 0 Å². The number of hydrogen-bond donors (Lipinski definition) is 0. The Bertz CT molecular complexity index is 568. The van der Waals surface area contributed by atoms with Gasteiger partial charge in [-0.15, -0.1) is 0 Å². The number of esters is 1. The number of benzene rings is 1. The van der Waals surface area contributed by atoms with Gasteiger partial charge in [0.05, 0.1) is 13.2 Å². The molecule has 0 bridgehead atoms. The van der Waals surface area contributed by atoms with E-state index in [1.807, 2.05) is 13.8 Å². The summed E-state index contributed by atoms with van der Waals surface area (Å²) in [6.45, 7) is 6.95. The molecule has 0 atom stereocenters. The third-order valence-corrected chi connectivity index (χ3v) is 4.24. The van der Waals surface area contributed by atoms with Crippen molar-refractivity contribution in [1.82, 2.24) is 0 Å². The summed E-state index contributed by atoms with van der Waals surface area (Å²) in [4.78, 5) is 22.8. The molecule has 1 rings (SSSR count). The Kier molecular flexibility index (Phi) is 12.8. The second kappa shape index (κ2) is 14.9. The molecule has 5 nitrogen and oxygen atoms in total. The molecule has 0 aliphatic rings. The average Bonchev–Trinajstić information content (AvgIpc) is 2.69. The van der Waals surface area contributed by atoms with E-state index in [2.05, 4.69) is 6.92 Å². The predicted molar refractivity (Wildman–Crippen MR) is 111 cm³/mol. The molecular weight excluding hydrogens is 356 g/mol. The van der Waals surface area contributed by atoms with Crippen molar-refractivity contribution >= 4 is 12.3 Å². The van der Waals surface area contributed by atoms with E-state index in [1.165, 1.54) is 38.5 Å². The maximum Gasteiger partial charge on any atom is 0.344 e. The molecule has 0 aliphatic carbocycles. The minimum atomic E-state index is -0.424. The lowest BCUT2D eigenvalue weighted by Crippen LogP contribution is -2.17. The van der Waals surface area contributed by atoms with Crippen LogP contribution >= 0.6 is 0 Å². The number of carbonyl (C=O) groups is 2. The second-order valence-corrected chi connectivity index (χ2v) is 7.54. The normalized spacial score (nSPS) is 10.7. The molecule has 28 heavy (non-hydrogen) atoms. The van der Waals surface area contributed by atoms with Gasteiger partial charge in [-0.25, -0.2) is 4.79 Å². The van der Waals surface area contributed by atoms with Crippen LogP contribution in [-0.4, -0.2) is 32.1 Å². The fraction of sp³-hybridized carbons (Fsp3) is 0.652. The molecule has 0 aromatic heterocycles. The summed E-state index contributed by atoms with van der Waals surface area (Å²) in [5.74, 6) is 0.861. The van der Waals surface area contributed by atoms with Crippen LogP contribution in [-0.2, 0) is 9.53 Å². The van der Waals surface area contributed by atoms with E-state index in [4.69, 9.17) is 14.2 Å². The lowest BCUT2D eigenvalue weighted by molar-refractivity contribution is -0.147. The Morgan fingerprint density at radius 1 is 0.929 bits per heavy atom. The molecule has 0 saturated carbocycles. The van der Waals surface area contributed by atoms with Gasteiger partial charge in [-0.05, 0) is 24.5 Å². The Morgan fingerprint density at radius 3 is 2.14 bits per heavy atom.